The molecule has 0 saturated carbocycles. The van der Waals surface area contributed by atoms with Crippen LogP contribution in [-0.2, 0) is 16.1 Å². The summed E-state index contributed by atoms with van der Waals surface area (Å²) in [7, 11) is 0. The van der Waals surface area contributed by atoms with Gasteiger partial charge in [-0.15, -0.1) is 0 Å². The van der Waals surface area contributed by atoms with Crippen molar-refractivity contribution in [3.63, 3.8) is 0 Å². The van der Waals surface area contributed by atoms with Crippen molar-refractivity contribution in [2.24, 2.45) is 5.92 Å². The molecule has 1 aromatic heterocycles. The Bertz CT molecular complexity index is 765. The van der Waals surface area contributed by atoms with Gasteiger partial charge in [-0.05, 0) is 32.4 Å². The van der Waals surface area contributed by atoms with Gasteiger partial charge in [0.05, 0.1) is 17.0 Å². The predicted octanol–water partition coefficient (Wildman–Crippen LogP) is 2.64. The number of rotatable bonds is 5. The summed E-state index contributed by atoms with van der Waals surface area (Å²) >= 11 is 0. The number of anilines is 1. The molecule has 0 unspecified atom stereocenters. The maximum absolute atomic E-state index is 12.6. The number of carbonyl (C=O) groups is 2. The predicted molar refractivity (Wildman–Crippen MR) is 93.6 cm³/mol. The molecule has 6 nitrogen and oxygen atoms in total. The smallest absolute Gasteiger partial charge is 0.232 e. The molecule has 0 aliphatic carbocycles. The summed E-state index contributed by atoms with van der Waals surface area (Å²) < 4.78 is 2.03. The number of nitrogens with zero attached hydrogens (tertiary/aromatic N) is 3. The maximum atomic E-state index is 12.6. The number of imidazole rings is 1. The second-order valence-corrected chi connectivity index (χ2v) is 6.61. The topological polar surface area (TPSA) is 67.2 Å². The summed E-state index contributed by atoms with van der Waals surface area (Å²) in [5.41, 5.74) is 1.88. The van der Waals surface area contributed by atoms with Gasteiger partial charge in [0, 0.05) is 25.6 Å². The lowest BCUT2D eigenvalue weighted by Gasteiger charge is -2.20. The highest BCUT2D eigenvalue weighted by molar-refractivity contribution is 5.97. The Balaban J connectivity index is 1.81. The van der Waals surface area contributed by atoms with Crippen molar-refractivity contribution < 1.29 is 9.59 Å². The van der Waals surface area contributed by atoms with Gasteiger partial charge in [0.15, 0.2) is 0 Å². The summed E-state index contributed by atoms with van der Waals surface area (Å²) in [6.45, 7) is 7.31. The Morgan fingerprint density at radius 3 is 2.79 bits per heavy atom. The number of fused-ring (bicyclic) bond motifs is 1. The van der Waals surface area contributed by atoms with E-state index in [2.05, 4.69) is 17.2 Å². The molecular weight excluding hydrogens is 304 g/mol. The molecule has 1 aliphatic rings. The molecule has 1 aromatic carbocycles. The molecule has 0 bridgehead atoms. The van der Waals surface area contributed by atoms with Crippen LogP contribution in [0.15, 0.2) is 24.3 Å². The summed E-state index contributed by atoms with van der Waals surface area (Å²) in [6.07, 6.45) is 1.23. The third kappa shape index (κ3) is 3.00. The third-order valence-electron chi connectivity index (χ3n) is 4.49. The number of benzene rings is 1. The average Bonchev–Trinajstić information content (AvgIpc) is 3.09. The van der Waals surface area contributed by atoms with Crippen LogP contribution in [0.2, 0.25) is 0 Å². The molecule has 2 amide bonds. The van der Waals surface area contributed by atoms with Crippen LogP contribution < -0.4 is 5.32 Å². The number of likely N-dealkylation sites (tertiary alicyclic amines) is 1. The quantitative estimate of drug-likeness (QED) is 0.917. The van der Waals surface area contributed by atoms with E-state index in [1.165, 1.54) is 0 Å². The summed E-state index contributed by atoms with van der Waals surface area (Å²) in [5, 5.41) is 2.94. The number of para-hydroxylation sites is 2. The zero-order chi connectivity index (χ0) is 17.3. The van der Waals surface area contributed by atoms with Crippen LogP contribution in [0, 0.1) is 5.92 Å². The number of aryl methyl sites for hydroxylation is 1. The van der Waals surface area contributed by atoms with E-state index in [4.69, 9.17) is 0 Å². The van der Waals surface area contributed by atoms with E-state index >= 15 is 0 Å². The molecule has 6 heteroatoms. The number of nitrogens with one attached hydrogen (secondary N) is 1. The van der Waals surface area contributed by atoms with E-state index in [1.54, 1.807) is 4.90 Å². The second-order valence-electron chi connectivity index (χ2n) is 6.61. The lowest BCUT2D eigenvalue weighted by Crippen LogP contribution is -2.33. The number of amides is 2. The third-order valence-corrected chi connectivity index (χ3v) is 4.49. The van der Waals surface area contributed by atoms with Crippen LogP contribution in [0.3, 0.4) is 0 Å². The number of hydrogen-bond acceptors (Lipinski definition) is 3. The lowest BCUT2D eigenvalue weighted by atomic mass is 10.1. The minimum Gasteiger partial charge on any atom is -0.339 e. The average molecular weight is 328 g/mol. The van der Waals surface area contributed by atoms with Gasteiger partial charge in [-0.3, -0.25) is 14.9 Å². The van der Waals surface area contributed by atoms with Gasteiger partial charge in [0.1, 0.15) is 0 Å². The zero-order valence-electron chi connectivity index (χ0n) is 14.5. The Labute approximate surface area is 141 Å². The van der Waals surface area contributed by atoms with Gasteiger partial charge in [-0.1, -0.05) is 19.1 Å². The molecule has 0 radical (unpaired) electrons. The van der Waals surface area contributed by atoms with Crippen molar-refractivity contribution >= 4 is 28.8 Å². The highest BCUT2D eigenvalue weighted by Gasteiger charge is 2.35. The van der Waals surface area contributed by atoms with E-state index in [0.29, 0.717) is 12.5 Å². The fourth-order valence-corrected chi connectivity index (χ4v) is 3.24. The van der Waals surface area contributed by atoms with Gasteiger partial charge in [-0.2, -0.15) is 0 Å². The van der Waals surface area contributed by atoms with Crippen LogP contribution in [0.5, 0.6) is 0 Å². The fourth-order valence-electron chi connectivity index (χ4n) is 3.24. The summed E-state index contributed by atoms with van der Waals surface area (Å²) in [5.74, 6) is 0.180. The minimum absolute atomic E-state index is 0.0483. The van der Waals surface area contributed by atoms with Gasteiger partial charge in [0.25, 0.3) is 0 Å². The largest absolute Gasteiger partial charge is 0.339 e. The Morgan fingerprint density at radius 2 is 2.12 bits per heavy atom. The van der Waals surface area contributed by atoms with Crippen LogP contribution in [0.4, 0.5) is 5.95 Å². The van der Waals surface area contributed by atoms with E-state index in [-0.39, 0.29) is 30.2 Å². The van der Waals surface area contributed by atoms with Crippen molar-refractivity contribution in [1.29, 1.82) is 0 Å². The van der Waals surface area contributed by atoms with E-state index in [0.717, 1.165) is 24.0 Å². The number of hydrogen-bond donors (Lipinski definition) is 1. The first kappa shape index (κ1) is 16.5. The van der Waals surface area contributed by atoms with Crippen LogP contribution >= 0.6 is 0 Å². The van der Waals surface area contributed by atoms with Crippen LogP contribution in [0.25, 0.3) is 11.0 Å². The second kappa shape index (κ2) is 6.63. The summed E-state index contributed by atoms with van der Waals surface area (Å²) in [6, 6.07) is 7.98. The zero-order valence-corrected chi connectivity index (χ0v) is 14.5. The van der Waals surface area contributed by atoms with Gasteiger partial charge in [-0.25, -0.2) is 4.98 Å². The van der Waals surface area contributed by atoms with Crippen molar-refractivity contribution in [2.75, 3.05) is 11.9 Å². The van der Waals surface area contributed by atoms with Crippen molar-refractivity contribution in [1.82, 2.24) is 14.5 Å². The van der Waals surface area contributed by atoms with E-state index in [1.807, 2.05) is 42.7 Å². The van der Waals surface area contributed by atoms with Gasteiger partial charge >= 0.3 is 0 Å². The Hall–Kier alpha value is -2.37. The van der Waals surface area contributed by atoms with Crippen molar-refractivity contribution in [2.45, 2.75) is 46.2 Å². The minimum atomic E-state index is -0.310. The number of aromatic nitrogens is 2. The maximum Gasteiger partial charge on any atom is 0.232 e. The van der Waals surface area contributed by atoms with Crippen LogP contribution in [0.1, 0.15) is 33.6 Å². The number of carbonyl (C=O) groups excluding carboxylic acids is 2. The molecule has 1 fully saturated rings. The van der Waals surface area contributed by atoms with Crippen LogP contribution in [-0.4, -0.2) is 38.9 Å². The molecule has 128 valence electrons. The van der Waals surface area contributed by atoms with E-state index < -0.39 is 0 Å². The van der Waals surface area contributed by atoms with Crippen molar-refractivity contribution in [3.8, 4) is 0 Å². The van der Waals surface area contributed by atoms with Gasteiger partial charge in [0.2, 0.25) is 17.8 Å². The monoisotopic (exact) mass is 328 g/mol. The molecule has 1 atom stereocenters. The molecule has 1 aliphatic heterocycles. The summed E-state index contributed by atoms with van der Waals surface area (Å²) in [4.78, 5) is 30.9. The molecule has 3 rings (SSSR count). The first-order valence-corrected chi connectivity index (χ1v) is 8.56. The first-order valence-electron chi connectivity index (χ1n) is 8.56. The van der Waals surface area contributed by atoms with E-state index in [9.17, 15) is 9.59 Å². The first-order chi connectivity index (χ1) is 11.5. The highest BCUT2D eigenvalue weighted by atomic mass is 16.2. The fraction of sp³-hybridized carbons (Fsp3) is 0.500. The van der Waals surface area contributed by atoms with Gasteiger partial charge < -0.3 is 9.47 Å². The van der Waals surface area contributed by atoms with Crippen molar-refractivity contribution in [3.05, 3.63) is 24.3 Å². The molecule has 24 heavy (non-hydrogen) atoms. The SMILES string of the molecule is CCCn1c(NC(=O)[C@@H]2CC(=O)N(C(C)C)C2)nc2ccccc21. The molecule has 2 heterocycles. The normalized spacial score (nSPS) is 17.9. The molecule has 0 spiro atoms. The molecule has 1 saturated heterocycles. The Morgan fingerprint density at radius 1 is 1.38 bits per heavy atom. The molecule has 2 aromatic rings. The Kier molecular flexibility index (Phi) is 4.55. The lowest BCUT2D eigenvalue weighted by molar-refractivity contribution is -0.129. The molecule has 1 N–H and O–H groups in total. The molecular formula is C18H24N4O2. The standard InChI is InChI=1S/C18H24N4O2/c1-4-9-21-15-8-6-5-7-14(15)19-18(21)20-17(24)13-10-16(23)22(11-13)12(2)3/h5-8,12-13H,4,9-11H2,1-3H3,(H,19,20,24)/t13-/m1/s1. The highest BCUT2D eigenvalue weighted by Crippen LogP contribution is 2.24.